The summed E-state index contributed by atoms with van der Waals surface area (Å²) >= 11 is 1.79. The van der Waals surface area contributed by atoms with Crippen LogP contribution >= 0.6 is 11.3 Å². The van der Waals surface area contributed by atoms with E-state index in [0.29, 0.717) is 11.5 Å². The van der Waals surface area contributed by atoms with E-state index in [1.165, 1.54) is 15.3 Å². The van der Waals surface area contributed by atoms with Crippen LogP contribution in [0.4, 0.5) is 5.95 Å². The molecule has 172 valence electrons. The molecule has 0 saturated carbocycles. The zero-order valence-corrected chi connectivity index (χ0v) is 20.6. The number of rotatable bonds is 4. The van der Waals surface area contributed by atoms with Gasteiger partial charge in [-0.05, 0) is 65.3 Å². The number of ether oxygens (including phenoxy) is 1. The second-order valence-electron chi connectivity index (χ2n) is 9.53. The summed E-state index contributed by atoms with van der Waals surface area (Å²) in [5.74, 6) is 0.955. The number of hydrogen-bond donors (Lipinski definition) is 1. The monoisotopic (exact) mass is 469 g/mol. The molecule has 0 unspecified atom stereocenters. The summed E-state index contributed by atoms with van der Waals surface area (Å²) in [5.41, 5.74) is 6.07. The Hall–Kier alpha value is -3.51. The number of nitrogens with one attached hydrogen (secondary N) is 1. The lowest BCUT2D eigenvalue weighted by molar-refractivity contribution is 0.102. The molecule has 2 heterocycles. The molecule has 1 aliphatic carbocycles. The summed E-state index contributed by atoms with van der Waals surface area (Å²) in [4.78, 5) is 24.5. The van der Waals surface area contributed by atoms with Gasteiger partial charge in [-0.3, -0.25) is 10.1 Å². The van der Waals surface area contributed by atoms with Gasteiger partial charge in [0.05, 0.1) is 12.8 Å². The molecule has 1 amide bonds. The number of aromatic nitrogens is 2. The van der Waals surface area contributed by atoms with Crippen molar-refractivity contribution < 1.29 is 9.53 Å². The predicted octanol–water partition coefficient (Wildman–Crippen LogP) is 6.53. The highest BCUT2D eigenvalue weighted by atomic mass is 32.1. The number of amides is 1. The van der Waals surface area contributed by atoms with Gasteiger partial charge < -0.3 is 4.74 Å². The molecular weight excluding hydrogens is 442 g/mol. The third kappa shape index (κ3) is 4.33. The number of thiophene rings is 1. The van der Waals surface area contributed by atoms with Crippen LogP contribution < -0.4 is 10.1 Å². The van der Waals surface area contributed by atoms with Gasteiger partial charge in [0.25, 0.3) is 5.91 Å². The summed E-state index contributed by atoms with van der Waals surface area (Å²) in [5, 5.41) is 2.88. The molecule has 1 aliphatic rings. The molecule has 5 nitrogen and oxygen atoms in total. The number of benzene rings is 2. The molecule has 2 aromatic heterocycles. The van der Waals surface area contributed by atoms with Crippen LogP contribution in [0.2, 0.25) is 0 Å². The van der Waals surface area contributed by atoms with Crippen LogP contribution in [0.3, 0.4) is 0 Å². The molecule has 0 atom stereocenters. The number of fused-ring (bicyclic) bond motifs is 3. The fourth-order valence-corrected chi connectivity index (χ4v) is 5.32. The molecule has 5 rings (SSSR count). The smallest absolute Gasteiger partial charge is 0.258 e. The Balaban J connectivity index is 1.41. The lowest BCUT2D eigenvalue weighted by atomic mass is 9.87. The molecule has 0 saturated heterocycles. The van der Waals surface area contributed by atoms with Gasteiger partial charge >= 0.3 is 0 Å². The zero-order valence-electron chi connectivity index (χ0n) is 19.8. The quantitative estimate of drug-likeness (QED) is 0.369. The van der Waals surface area contributed by atoms with Crippen molar-refractivity contribution >= 4 is 23.2 Å². The largest absolute Gasteiger partial charge is 0.497 e. The highest BCUT2D eigenvalue weighted by Crippen LogP contribution is 2.42. The molecule has 4 aromatic rings. The normalized spacial score (nSPS) is 12.6. The maximum Gasteiger partial charge on any atom is 0.258 e. The Bertz CT molecular complexity index is 1370. The van der Waals surface area contributed by atoms with Crippen molar-refractivity contribution in [1.82, 2.24) is 9.97 Å². The van der Waals surface area contributed by atoms with E-state index < -0.39 is 0 Å². The maximum absolute atomic E-state index is 12.8. The van der Waals surface area contributed by atoms with Crippen LogP contribution in [-0.4, -0.2) is 23.0 Å². The molecule has 1 N–H and O–H groups in total. The van der Waals surface area contributed by atoms with Gasteiger partial charge in [-0.25, -0.2) is 9.97 Å². The van der Waals surface area contributed by atoms with Crippen LogP contribution in [0, 0.1) is 0 Å². The zero-order chi connectivity index (χ0) is 23.9. The van der Waals surface area contributed by atoms with Gasteiger partial charge in [0, 0.05) is 27.1 Å². The van der Waals surface area contributed by atoms with Crippen molar-refractivity contribution in [2.24, 2.45) is 0 Å². The highest BCUT2D eigenvalue weighted by molar-refractivity contribution is 7.16. The molecule has 0 radical (unpaired) electrons. The first-order valence-electron chi connectivity index (χ1n) is 11.4. The minimum atomic E-state index is -0.209. The average molecular weight is 470 g/mol. The summed E-state index contributed by atoms with van der Waals surface area (Å²) in [7, 11) is 1.68. The van der Waals surface area contributed by atoms with Gasteiger partial charge in [-0.15, -0.1) is 11.3 Å². The van der Waals surface area contributed by atoms with E-state index in [-0.39, 0.29) is 11.3 Å². The number of carbonyl (C=O) groups is 1. The number of nitrogens with zero attached hydrogens (tertiary/aromatic N) is 2. The molecule has 34 heavy (non-hydrogen) atoms. The number of carbonyl (C=O) groups excluding carboxylic acids is 1. The number of anilines is 1. The lowest BCUT2D eigenvalue weighted by Crippen LogP contribution is -2.16. The first-order chi connectivity index (χ1) is 16.3. The highest BCUT2D eigenvalue weighted by Gasteiger charge is 2.23. The van der Waals surface area contributed by atoms with E-state index in [9.17, 15) is 4.79 Å². The number of aryl methyl sites for hydroxylation is 2. The van der Waals surface area contributed by atoms with E-state index in [0.717, 1.165) is 41.0 Å². The van der Waals surface area contributed by atoms with Gasteiger partial charge in [0.1, 0.15) is 5.75 Å². The van der Waals surface area contributed by atoms with E-state index >= 15 is 0 Å². The second-order valence-corrected chi connectivity index (χ2v) is 10.7. The summed E-state index contributed by atoms with van der Waals surface area (Å²) < 4.78 is 5.39. The lowest BCUT2D eigenvalue weighted by Gasteiger charge is -2.19. The van der Waals surface area contributed by atoms with Gasteiger partial charge in [-0.2, -0.15) is 0 Å². The third-order valence-corrected chi connectivity index (χ3v) is 7.39. The molecular formula is C28H27N3O2S. The molecule has 6 heteroatoms. The van der Waals surface area contributed by atoms with Crippen LogP contribution in [-0.2, 0) is 18.3 Å². The van der Waals surface area contributed by atoms with Crippen LogP contribution in [0.15, 0.2) is 60.8 Å². The van der Waals surface area contributed by atoms with Crippen molar-refractivity contribution in [2.75, 3.05) is 12.4 Å². The average Bonchev–Trinajstić information content (AvgIpc) is 3.29. The van der Waals surface area contributed by atoms with E-state index in [1.54, 1.807) is 18.4 Å². The minimum Gasteiger partial charge on any atom is -0.497 e. The van der Waals surface area contributed by atoms with Crippen molar-refractivity contribution in [2.45, 2.75) is 39.0 Å². The summed E-state index contributed by atoms with van der Waals surface area (Å²) in [6.45, 7) is 6.46. The Morgan fingerprint density at radius 3 is 2.59 bits per heavy atom. The van der Waals surface area contributed by atoms with Crippen molar-refractivity contribution in [3.63, 3.8) is 0 Å². The second kappa shape index (κ2) is 8.69. The number of hydrogen-bond acceptors (Lipinski definition) is 5. The Labute approximate surface area is 203 Å². The van der Waals surface area contributed by atoms with E-state index in [2.05, 4.69) is 49.3 Å². The summed E-state index contributed by atoms with van der Waals surface area (Å²) in [6, 6.07) is 18.0. The van der Waals surface area contributed by atoms with Crippen molar-refractivity contribution in [3.05, 3.63) is 82.4 Å². The molecule has 0 aliphatic heterocycles. The van der Waals surface area contributed by atoms with Crippen LogP contribution in [0.25, 0.3) is 21.7 Å². The van der Waals surface area contributed by atoms with E-state index in [1.807, 2.05) is 42.6 Å². The minimum absolute atomic E-state index is 0.0403. The Morgan fingerprint density at radius 2 is 1.85 bits per heavy atom. The fourth-order valence-electron chi connectivity index (χ4n) is 4.16. The first-order valence-corrected chi connectivity index (χ1v) is 12.2. The topological polar surface area (TPSA) is 64.1 Å². The third-order valence-electron chi connectivity index (χ3n) is 6.14. The van der Waals surface area contributed by atoms with Crippen molar-refractivity contribution in [1.29, 1.82) is 0 Å². The Morgan fingerprint density at radius 1 is 1.06 bits per heavy atom. The standard InChI is InChI=1S/C28H27N3O2S/c1-28(2,3)20-11-8-17(9-12-20)26(32)31-27-29-16-19-10-13-23-22(25(19)30-27)15-24(34-23)18-6-5-7-21(14-18)33-4/h5-9,11-12,14-16H,10,13H2,1-4H3,(H,29,30,31,32). The molecule has 0 fully saturated rings. The Kier molecular flexibility index (Phi) is 5.70. The van der Waals surface area contributed by atoms with Gasteiger partial charge in [0.15, 0.2) is 0 Å². The van der Waals surface area contributed by atoms with Crippen LogP contribution in [0.1, 0.15) is 47.1 Å². The summed E-state index contributed by atoms with van der Waals surface area (Å²) in [6.07, 6.45) is 3.70. The van der Waals surface area contributed by atoms with Crippen molar-refractivity contribution in [3.8, 4) is 27.4 Å². The SMILES string of the molecule is COc1cccc(-c2cc3c(s2)CCc2cnc(NC(=O)c4ccc(C(C)(C)C)cc4)nc2-3)c1. The van der Waals surface area contributed by atoms with Gasteiger partial charge in [-0.1, -0.05) is 45.0 Å². The number of methoxy groups -OCH3 is 1. The fraction of sp³-hybridized carbons (Fsp3) is 0.250. The molecule has 2 aromatic carbocycles. The predicted molar refractivity (Wildman–Crippen MR) is 138 cm³/mol. The van der Waals surface area contributed by atoms with E-state index in [4.69, 9.17) is 9.72 Å². The molecule has 0 spiro atoms. The molecule has 0 bridgehead atoms. The first kappa shape index (κ1) is 22.3. The van der Waals surface area contributed by atoms with Crippen LogP contribution in [0.5, 0.6) is 5.75 Å². The van der Waals surface area contributed by atoms with Gasteiger partial charge in [0.2, 0.25) is 5.95 Å². The maximum atomic E-state index is 12.8.